The van der Waals surface area contributed by atoms with E-state index in [0.717, 1.165) is 0 Å². The highest BCUT2D eigenvalue weighted by Crippen LogP contribution is 2.21. The molecule has 1 aliphatic heterocycles. The van der Waals surface area contributed by atoms with Gasteiger partial charge in [-0.2, -0.15) is 0 Å². The molecule has 0 saturated heterocycles. The Bertz CT molecular complexity index is 176. The monoisotopic (exact) mass is 228 g/mol. The topological polar surface area (TPSA) is 0 Å². The molecule has 3 heteroatoms. The van der Waals surface area contributed by atoms with Gasteiger partial charge in [0.05, 0.1) is 0 Å². The summed E-state index contributed by atoms with van der Waals surface area (Å²) in [5.74, 6) is 0. The van der Waals surface area contributed by atoms with Crippen LogP contribution in [0.1, 0.15) is 0 Å². The highest BCUT2D eigenvalue weighted by molar-refractivity contribution is 14.2. The molecule has 0 nitrogen and oxygen atoms in total. The number of hydrogen-bond donors (Lipinski definition) is 0. The van der Waals surface area contributed by atoms with Crippen LogP contribution in [0, 0.1) is 0 Å². The molecule has 1 rings (SSSR count). The predicted molar refractivity (Wildman–Crippen MR) is 38.5 cm³/mol. The van der Waals surface area contributed by atoms with Crippen molar-refractivity contribution in [2.75, 3.05) is 0 Å². The molecule has 0 bridgehead atoms. The van der Waals surface area contributed by atoms with E-state index in [9.17, 15) is 8.78 Å². The predicted octanol–water partition coefficient (Wildman–Crippen LogP) is 2.44. The lowest BCUT2D eigenvalue weighted by molar-refractivity contribution is 0.711. The first kappa shape index (κ1) is 6.07. The van der Waals surface area contributed by atoms with E-state index in [1.165, 1.54) is 18.2 Å². The van der Waals surface area contributed by atoms with Gasteiger partial charge in [-0.3, -0.25) is 0 Å². The summed E-state index contributed by atoms with van der Waals surface area (Å²) in [7, 11) is 0. The number of hydrogen-bond acceptors (Lipinski definition) is 0. The van der Waals surface area contributed by atoms with E-state index in [1.54, 1.807) is 0 Å². The van der Waals surface area contributed by atoms with Crippen molar-refractivity contribution in [1.29, 1.82) is 0 Å². The first-order valence-electron chi connectivity index (χ1n) is 2.00. The zero-order chi connectivity index (χ0) is 5.98. The summed E-state index contributed by atoms with van der Waals surface area (Å²) in [6, 6.07) is 0. The molecule has 0 aliphatic carbocycles. The van der Waals surface area contributed by atoms with E-state index in [-0.39, 0.29) is 7.60 Å². The SMILES string of the molecule is FC1=CC=CC(F)=I1. The van der Waals surface area contributed by atoms with Gasteiger partial charge in [-0.1, -0.05) is 6.08 Å². The van der Waals surface area contributed by atoms with E-state index in [4.69, 9.17) is 0 Å². The fraction of sp³-hybridized carbons (Fsp3) is 0. The Labute approximate surface area is 55.6 Å². The van der Waals surface area contributed by atoms with Gasteiger partial charge in [0.25, 0.3) is 0 Å². The lowest BCUT2D eigenvalue weighted by atomic mass is 10.5. The van der Waals surface area contributed by atoms with Gasteiger partial charge in [0.15, 0.2) is 7.60 Å². The van der Waals surface area contributed by atoms with Crippen LogP contribution in [-0.2, 0) is 0 Å². The van der Waals surface area contributed by atoms with Crippen molar-refractivity contribution in [3.63, 3.8) is 0 Å². The van der Waals surface area contributed by atoms with Gasteiger partial charge in [-0.05, 0) is 32.9 Å². The summed E-state index contributed by atoms with van der Waals surface area (Å²) in [5.41, 5.74) is 0. The summed E-state index contributed by atoms with van der Waals surface area (Å²) in [5, 5.41) is 0. The van der Waals surface area contributed by atoms with Crippen molar-refractivity contribution in [1.82, 2.24) is 0 Å². The molecule has 8 heavy (non-hydrogen) atoms. The van der Waals surface area contributed by atoms with E-state index >= 15 is 0 Å². The lowest BCUT2D eigenvalue weighted by Gasteiger charge is -1.89. The first-order valence-corrected chi connectivity index (χ1v) is 4.16. The third kappa shape index (κ3) is 1.47. The van der Waals surface area contributed by atoms with Crippen LogP contribution in [0.15, 0.2) is 22.1 Å². The Morgan fingerprint density at radius 3 is 2.50 bits per heavy atom. The second kappa shape index (κ2) is 2.48. The van der Waals surface area contributed by atoms with E-state index in [2.05, 4.69) is 0 Å². The molecule has 0 saturated carbocycles. The summed E-state index contributed by atoms with van der Waals surface area (Å²) in [4.78, 5) is 0. The standard InChI is InChI=1S/C5H3F2I/c6-4-2-1-3-5(7)8-4/h1-3H. The van der Waals surface area contributed by atoms with Gasteiger partial charge in [-0.25, -0.2) is 8.78 Å². The summed E-state index contributed by atoms with van der Waals surface area (Å²) in [6.07, 6.45) is 3.99. The van der Waals surface area contributed by atoms with Gasteiger partial charge in [0, 0.05) is 0 Å². The molecule has 0 atom stereocenters. The second-order valence-electron chi connectivity index (χ2n) is 1.20. The fourth-order valence-corrected chi connectivity index (χ4v) is 1.61. The van der Waals surface area contributed by atoms with Gasteiger partial charge >= 0.3 is 0 Å². The Balaban J connectivity index is 2.89. The molecule has 0 N–H and O–H groups in total. The van der Waals surface area contributed by atoms with Crippen molar-refractivity contribution >= 4 is 24.5 Å². The van der Waals surface area contributed by atoms with Gasteiger partial charge in [0.2, 0.25) is 0 Å². The number of allylic oxidation sites excluding steroid dienone is 3. The van der Waals surface area contributed by atoms with Crippen molar-refractivity contribution in [3.05, 3.63) is 22.1 Å². The Kier molecular flexibility index (Phi) is 1.88. The summed E-state index contributed by atoms with van der Waals surface area (Å²) >= 11 is -1.05. The molecule has 0 aromatic carbocycles. The van der Waals surface area contributed by atoms with Crippen molar-refractivity contribution in [2.45, 2.75) is 0 Å². The van der Waals surface area contributed by atoms with Crippen molar-refractivity contribution in [2.24, 2.45) is 0 Å². The van der Waals surface area contributed by atoms with Crippen molar-refractivity contribution < 1.29 is 8.78 Å². The maximum Gasteiger partial charge on any atom is 0.157 e. The molecule has 0 aromatic rings. The minimum Gasteiger partial charge on any atom is -0.200 e. The Hall–Kier alpha value is -0.0600. The average molecular weight is 228 g/mol. The highest BCUT2D eigenvalue weighted by Gasteiger charge is 1.96. The van der Waals surface area contributed by atoms with Crippen molar-refractivity contribution in [3.8, 4) is 0 Å². The molecule has 44 valence electrons. The smallest absolute Gasteiger partial charge is 0.157 e. The molecule has 0 unspecified atom stereocenters. The molecular weight excluding hydrogens is 225 g/mol. The summed E-state index contributed by atoms with van der Waals surface area (Å²) < 4.78 is 23.5. The maximum atomic E-state index is 12.0. The van der Waals surface area contributed by atoms with Crippen LogP contribution in [0.5, 0.6) is 0 Å². The van der Waals surface area contributed by atoms with Crippen LogP contribution in [0.25, 0.3) is 0 Å². The van der Waals surface area contributed by atoms with Crippen LogP contribution >= 0.6 is 20.7 Å². The van der Waals surface area contributed by atoms with Gasteiger partial charge in [-0.15, -0.1) is 0 Å². The third-order valence-electron chi connectivity index (χ3n) is 0.625. The minimum atomic E-state index is -1.05. The van der Waals surface area contributed by atoms with Crippen LogP contribution in [0.4, 0.5) is 8.78 Å². The largest absolute Gasteiger partial charge is 0.200 e. The van der Waals surface area contributed by atoms with E-state index < -0.39 is 20.7 Å². The number of rotatable bonds is 0. The van der Waals surface area contributed by atoms with E-state index in [1.807, 2.05) is 0 Å². The molecule has 0 radical (unpaired) electrons. The molecule has 0 fully saturated rings. The molecule has 0 amide bonds. The molecule has 1 aliphatic rings. The maximum absolute atomic E-state index is 12.0. The zero-order valence-corrected chi connectivity index (χ0v) is 6.02. The highest BCUT2D eigenvalue weighted by atomic mass is 127. The van der Waals surface area contributed by atoms with Crippen LogP contribution in [-0.4, -0.2) is 3.76 Å². The molecule has 0 spiro atoms. The molecule has 0 aromatic heterocycles. The molecular formula is C5H3F2I. The molecule has 1 heterocycles. The van der Waals surface area contributed by atoms with Gasteiger partial charge < -0.3 is 0 Å². The Morgan fingerprint density at radius 1 is 1.38 bits per heavy atom. The zero-order valence-electron chi connectivity index (χ0n) is 3.87. The van der Waals surface area contributed by atoms with Gasteiger partial charge in [0.1, 0.15) is 0 Å². The lowest BCUT2D eigenvalue weighted by Crippen LogP contribution is -1.77. The minimum absolute atomic E-state index is 0.302. The third-order valence-corrected chi connectivity index (χ3v) is 2.37. The summed E-state index contributed by atoms with van der Waals surface area (Å²) in [6.45, 7) is 0. The van der Waals surface area contributed by atoms with E-state index in [0.29, 0.717) is 0 Å². The number of halogens is 3. The first-order chi connectivity index (χ1) is 3.79. The fourth-order valence-electron chi connectivity index (χ4n) is 0.343. The van der Waals surface area contributed by atoms with Crippen LogP contribution in [0.3, 0.4) is 0 Å². The quantitative estimate of drug-likeness (QED) is 0.558. The average Bonchev–Trinajstić information content (AvgIpc) is 1.64. The Morgan fingerprint density at radius 2 is 2.12 bits per heavy atom. The van der Waals surface area contributed by atoms with Crippen LogP contribution < -0.4 is 0 Å². The normalized spacial score (nSPS) is 18.8. The second-order valence-corrected chi connectivity index (χ2v) is 3.80. The van der Waals surface area contributed by atoms with Crippen LogP contribution in [0.2, 0.25) is 0 Å².